The number of nitrogens with zero attached hydrogens (tertiary/aromatic N) is 4. The van der Waals surface area contributed by atoms with Gasteiger partial charge in [-0.3, -0.25) is 9.79 Å². The number of nitrogens with one attached hydrogen (secondary N) is 1. The van der Waals surface area contributed by atoms with Crippen molar-refractivity contribution in [3.8, 4) is 17.0 Å². The monoisotopic (exact) mass is 647 g/mol. The second-order valence-corrected chi connectivity index (χ2v) is 13.6. The second kappa shape index (κ2) is 11.8. The molecule has 232 valence electrons. The number of halogens is 3. The Bertz CT molecular complexity index is 1840. The maximum absolute atomic E-state index is 15.2. The first-order chi connectivity index (χ1) is 21.3. The number of benzene rings is 3. The van der Waals surface area contributed by atoms with Gasteiger partial charge in [-0.05, 0) is 58.0 Å². The zero-order valence-electron chi connectivity index (χ0n) is 25.7. The van der Waals surface area contributed by atoms with Crippen LogP contribution in [0, 0.1) is 5.82 Å². The summed E-state index contributed by atoms with van der Waals surface area (Å²) in [5, 5.41) is 6.24. The summed E-state index contributed by atoms with van der Waals surface area (Å²) in [6.45, 7) is 9.73. The van der Waals surface area contributed by atoms with Gasteiger partial charge in [0, 0.05) is 64.2 Å². The lowest BCUT2D eigenvalue weighted by molar-refractivity contribution is -0.487. The van der Waals surface area contributed by atoms with E-state index in [0.717, 1.165) is 16.8 Å². The lowest BCUT2D eigenvalue weighted by atomic mass is 9.91. The Morgan fingerprint density at radius 2 is 1.78 bits per heavy atom. The predicted octanol–water partition coefficient (Wildman–Crippen LogP) is 6.08. The third-order valence-electron chi connectivity index (χ3n) is 7.87. The molecular formula is C34H34Cl2FN6O2+. The van der Waals surface area contributed by atoms with Crippen LogP contribution in [-0.2, 0) is 6.54 Å². The van der Waals surface area contributed by atoms with Crippen LogP contribution in [0.1, 0.15) is 54.7 Å². The summed E-state index contributed by atoms with van der Waals surface area (Å²) in [4.78, 5) is 29.6. The van der Waals surface area contributed by atoms with E-state index in [2.05, 4.69) is 38.0 Å². The quantitative estimate of drug-likeness (QED) is 0.256. The number of aliphatic imine (C=N–C) groups is 1. The van der Waals surface area contributed by atoms with Gasteiger partial charge in [-0.25, -0.2) is 9.71 Å². The molecule has 3 aromatic carbocycles. The molecule has 1 amide bonds. The number of hydrogen-bond donors (Lipinski definition) is 2. The molecule has 2 aliphatic rings. The van der Waals surface area contributed by atoms with E-state index in [4.69, 9.17) is 37.9 Å². The number of piperazine rings is 1. The van der Waals surface area contributed by atoms with Crippen molar-refractivity contribution in [3.05, 3.63) is 98.9 Å². The van der Waals surface area contributed by atoms with Gasteiger partial charge in [-0.15, -0.1) is 0 Å². The van der Waals surface area contributed by atoms with E-state index < -0.39 is 5.82 Å². The standard InChI is InChI=1S/C34H33Cl2FN6O2/c1-33(2)17-43(18-34(3,4)42-33)31(44)23-12-10-21(14-25(23)36)40-32-39-16-19-15-38-30(28-26(37)7-6-8-27(28)45-5)24-13-20(35)9-11-22(24)29(19)41-32/h6-14,16,42H,15,17-18H2,1-5H3,(H,39,40,41)/p+1. The summed E-state index contributed by atoms with van der Waals surface area (Å²) in [6, 6.07) is 15.4. The number of rotatable bonds is 5. The van der Waals surface area contributed by atoms with Crippen LogP contribution < -0.4 is 15.4 Å². The van der Waals surface area contributed by atoms with Gasteiger partial charge < -0.3 is 15.0 Å². The fourth-order valence-electron chi connectivity index (χ4n) is 6.39. The van der Waals surface area contributed by atoms with E-state index in [9.17, 15) is 4.79 Å². The SMILES string of the molecule is COc1cccc(F)c1C1=NCc2cnc([NH2+]c3ccc(C(=O)N4CC(C)(C)NC(C)(C)C4)c(Cl)c3)nc2-c2ccc(Cl)cc21. The molecule has 11 heteroatoms. The molecule has 2 aliphatic heterocycles. The molecule has 1 fully saturated rings. The first-order valence-electron chi connectivity index (χ1n) is 14.6. The number of quaternary nitrogens is 1. The molecule has 1 saturated heterocycles. The average Bonchev–Trinajstić information content (AvgIpc) is 3.11. The molecular weight excluding hydrogens is 614 g/mol. The molecule has 0 aliphatic carbocycles. The topological polar surface area (TPSA) is 96.3 Å². The van der Waals surface area contributed by atoms with Crippen molar-refractivity contribution in [1.29, 1.82) is 0 Å². The van der Waals surface area contributed by atoms with Gasteiger partial charge in [-0.1, -0.05) is 35.3 Å². The van der Waals surface area contributed by atoms with Crippen molar-refractivity contribution < 1.29 is 19.2 Å². The van der Waals surface area contributed by atoms with E-state index in [0.29, 0.717) is 57.4 Å². The molecule has 0 spiro atoms. The summed E-state index contributed by atoms with van der Waals surface area (Å²) in [7, 11) is 1.50. The lowest BCUT2D eigenvalue weighted by Crippen LogP contribution is -2.72. The third-order valence-corrected chi connectivity index (χ3v) is 8.42. The summed E-state index contributed by atoms with van der Waals surface area (Å²) in [6.07, 6.45) is 1.73. The predicted molar refractivity (Wildman–Crippen MR) is 175 cm³/mol. The molecule has 1 aromatic heterocycles. The molecule has 0 atom stereocenters. The number of amides is 1. The highest BCUT2D eigenvalue weighted by molar-refractivity contribution is 6.34. The Hall–Kier alpha value is -3.89. The Morgan fingerprint density at radius 1 is 1.02 bits per heavy atom. The Labute approximate surface area is 271 Å². The van der Waals surface area contributed by atoms with Crippen molar-refractivity contribution in [3.63, 3.8) is 0 Å². The Morgan fingerprint density at radius 3 is 2.49 bits per heavy atom. The molecule has 3 N–H and O–H groups in total. The fraction of sp³-hybridized carbons (Fsp3) is 0.294. The molecule has 8 nitrogen and oxygen atoms in total. The zero-order chi connectivity index (χ0) is 32.1. The average molecular weight is 649 g/mol. The summed E-state index contributed by atoms with van der Waals surface area (Å²) >= 11 is 13.1. The lowest BCUT2D eigenvalue weighted by Gasteiger charge is -2.48. The highest BCUT2D eigenvalue weighted by Gasteiger charge is 2.39. The van der Waals surface area contributed by atoms with Crippen LogP contribution in [0.5, 0.6) is 5.75 Å². The highest BCUT2D eigenvalue weighted by Crippen LogP contribution is 2.36. The van der Waals surface area contributed by atoms with Crippen LogP contribution in [0.3, 0.4) is 0 Å². The van der Waals surface area contributed by atoms with Crippen molar-refractivity contribution in [2.45, 2.75) is 45.3 Å². The Kier molecular flexibility index (Phi) is 8.16. The van der Waals surface area contributed by atoms with Gasteiger partial charge in [0.15, 0.2) is 0 Å². The minimum atomic E-state index is -0.451. The van der Waals surface area contributed by atoms with E-state index >= 15 is 4.39 Å². The van der Waals surface area contributed by atoms with Crippen LogP contribution >= 0.6 is 23.2 Å². The number of ether oxygens (including phenoxy) is 1. The highest BCUT2D eigenvalue weighted by atomic mass is 35.5. The van der Waals surface area contributed by atoms with Crippen molar-refractivity contribution in [2.75, 3.05) is 20.2 Å². The van der Waals surface area contributed by atoms with E-state index in [1.165, 1.54) is 13.2 Å². The Balaban J connectivity index is 1.31. The number of carbonyl (C=O) groups excluding carboxylic acids is 1. The van der Waals surface area contributed by atoms with Gasteiger partial charge >= 0.3 is 5.95 Å². The number of carbonyl (C=O) groups is 1. The fourth-order valence-corrected chi connectivity index (χ4v) is 6.83. The molecule has 0 unspecified atom stereocenters. The van der Waals surface area contributed by atoms with E-state index in [1.54, 1.807) is 47.9 Å². The molecule has 0 saturated carbocycles. The van der Waals surface area contributed by atoms with Crippen LogP contribution in [0.4, 0.5) is 16.0 Å². The number of fused-ring (bicyclic) bond motifs is 3. The van der Waals surface area contributed by atoms with Crippen molar-refractivity contribution >= 4 is 46.5 Å². The largest absolute Gasteiger partial charge is 0.496 e. The summed E-state index contributed by atoms with van der Waals surface area (Å²) in [5.41, 5.74) is 4.26. The van der Waals surface area contributed by atoms with E-state index in [-0.39, 0.29) is 29.1 Å². The van der Waals surface area contributed by atoms with Gasteiger partial charge in [0.05, 0.1) is 41.2 Å². The van der Waals surface area contributed by atoms with Crippen molar-refractivity contribution in [2.24, 2.45) is 4.99 Å². The summed E-state index contributed by atoms with van der Waals surface area (Å²) < 4.78 is 20.7. The smallest absolute Gasteiger partial charge is 0.331 e. The van der Waals surface area contributed by atoms with Crippen LogP contribution in [-0.4, -0.2) is 57.8 Å². The van der Waals surface area contributed by atoms with Crippen molar-refractivity contribution in [1.82, 2.24) is 20.2 Å². The molecule has 0 radical (unpaired) electrons. The molecule has 4 aromatic rings. The van der Waals surface area contributed by atoms with Crippen LogP contribution in [0.15, 0.2) is 65.8 Å². The van der Waals surface area contributed by atoms with Gasteiger partial charge in [-0.2, -0.15) is 9.97 Å². The zero-order valence-corrected chi connectivity index (χ0v) is 27.2. The van der Waals surface area contributed by atoms with E-state index in [1.807, 2.05) is 17.0 Å². The third kappa shape index (κ3) is 6.31. The van der Waals surface area contributed by atoms with Crippen LogP contribution in [0.25, 0.3) is 11.3 Å². The minimum absolute atomic E-state index is 0.104. The number of hydrogen-bond acceptors (Lipinski definition) is 6. The molecule has 45 heavy (non-hydrogen) atoms. The first-order valence-corrected chi connectivity index (χ1v) is 15.4. The molecule has 6 rings (SSSR count). The normalized spacial score (nSPS) is 16.7. The number of nitrogens with two attached hydrogens (primary N) is 1. The van der Waals surface area contributed by atoms with Crippen LogP contribution in [0.2, 0.25) is 10.0 Å². The van der Waals surface area contributed by atoms with Gasteiger partial charge in [0.2, 0.25) is 0 Å². The first kappa shape index (κ1) is 31.1. The number of aromatic nitrogens is 2. The minimum Gasteiger partial charge on any atom is -0.496 e. The maximum atomic E-state index is 15.2. The number of methoxy groups -OCH3 is 1. The van der Waals surface area contributed by atoms with Gasteiger partial charge in [0.25, 0.3) is 5.91 Å². The summed E-state index contributed by atoms with van der Waals surface area (Å²) in [5.74, 6) is 0.262. The maximum Gasteiger partial charge on any atom is 0.331 e. The molecule has 3 heterocycles. The van der Waals surface area contributed by atoms with Gasteiger partial charge in [0.1, 0.15) is 17.3 Å². The molecule has 0 bridgehead atoms. The second-order valence-electron chi connectivity index (χ2n) is 12.7.